The average Bonchev–Trinajstić information content (AvgIpc) is 2.53. The maximum atomic E-state index is 13.2. The zero-order valence-electron chi connectivity index (χ0n) is 12.8. The molecule has 0 saturated carbocycles. The standard InChI is InChI=1S/C17H15F2NO4/c1-24-14-4-2-10(3-5-14)6-15(17(22)23)20-16(21)11-7-12(18)9-13(19)8-11/h2-5,7-9,15H,6H2,1H3,(H,20,21)(H,22,23)/t15-/m1/s1. The molecule has 0 aromatic heterocycles. The smallest absolute Gasteiger partial charge is 0.326 e. The Morgan fingerprint density at radius 2 is 1.71 bits per heavy atom. The van der Waals surface area contributed by atoms with Crippen molar-refractivity contribution >= 4 is 11.9 Å². The van der Waals surface area contributed by atoms with Gasteiger partial charge in [-0.25, -0.2) is 13.6 Å². The van der Waals surface area contributed by atoms with Crippen molar-refractivity contribution in [1.29, 1.82) is 0 Å². The summed E-state index contributed by atoms with van der Waals surface area (Å²) in [5, 5.41) is 11.5. The summed E-state index contributed by atoms with van der Waals surface area (Å²) < 4.78 is 31.3. The summed E-state index contributed by atoms with van der Waals surface area (Å²) in [5.41, 5.74) is 0.377. The Bertz CT molecular complexity index is 727. The minimum absolute atomic E-state index is 0.0167. The van der Waals surface area contributed by atoms with Crippen LogP contribution in [0.3, 0.4) is 0 Å². The summed E-state index contributed by atoms with van der Waals surface area (Å²) >= 11 is 0. The molecule has 0 heterocycles. The fourth-order valence-electron chi connectivity index (χ4n) is 2.12. The first kappa shape index (κ1) is 17.4. The van der Waals surface area contributed by atoms with Crippen molar-refractivity contribution < 1.29 is 28.2 Å². The molecule has 0 aliphatic rings. The van der Waals surface area contributed by atoms with Crippen molar-refractivity contribution in [3.8, 4) is 5.75 Å². The number of rotatable bonds is 6. The van der Waals surface area contributed by atoms with Crippen LogP contribution in [-0.4, -0.2) is 30.1 Å². The second-order valence-corrected chi connectivity index (χ2v) is 5.07. The molecule has 0 radical (unpaired) electrons. The summed E-state index contributed by atoms with van der Waals surface area (Å²) in [4.78, 5) is 23.4. The molecule has 7 heteroatoms. The summed E-state index contributed by atoms with van der Waals surface area (Å²) in [5.74, 6) is -3.33. The van der Waals surface area contributed by atoms with E-state index < -0.39 is 29.6 Å². The number of carbonyl (C=O) groups is 2. The molecule has 0 aliphatic carbocycles. The van der Waals surface area contributed by atoms with Crippen molar-refractivity contribution in [3.05, 3.63) is 65.2 Å². The Kier molecular flexibility index (Phi) is 5.47. The molecule has 2 rings (SSSR count). The highest BCUT2D eigenvalue weighted by molar-refractivity contribution is 5.96. The lowest BCUT2D eigenvalue weighted by Crippen LogP contribution is -2.42. The normalized spacial score (nSPS) is 11.6. The number of halogens is 2. The van der Waals surface area contributed by atoms with Gasteiger partial charge < -0.3 is 15.2 Å². The van der Waals surface area contributed by atoms with E-state index in [1.54, 1.807) is 24.3 Å². The fraction of sp³-hybridized carbons (Fsp3) is 0.176. The number of carboxylic acids is 1. The first-order chi connectivity index (χ1) is 11.4. The molecular formula is C17H15F2NO4. The monoisotopic (exact) mass is 335 g/mol. The van der Waals surface area contributed by atoms with Crippen molar-refractivity contribution in [2.75, 3.05) is 7.11 Å². The first-order valence-electron chi connectivity index (χ1n) is 7.01. The van der Waals surface area contributed by atoms with Gasteiger partial charge in [-0.3, -0.25) is 4.79 Å². The zero-order valence-corrected chi connectivity index (χ0v) is 12.8. The molecule has 0 saturated heterocycles. The lowest BCUT2D eigenvalue weighted by atomic mass is 10.1. The van der Waals surface area contributed by atoms with Gasteiger partial charge in [0, 0.05) is 18.1 Å². The van der Waals surface area contributed by atoms with Gasteiger partial charge in [0.15, 0.2) is 0 Å². The zero-order chi connectivity index (χ0) is 17.7. The lowest BCUT2D eigenvalue weighted by Gasteiger charge is -2.15. The van der Waals surface area contributed by atoms with Crippen LogP contribution in [0.4, 0.5) is 8.78 Å². The van der Waals surface area contributed by atoms with Crippen LogP contribution in [0.5, 0.6) is 5.75 Å². The third kappa shape index (κ3) is 4.52. The highest BCUT2D eigenvalue weighted by atomic mass is 19.1. The van der Waals surface area contributed by atoms with Gasteiger partial charge in [0.05, 0.1) is 7.11 Å². The molecule has 2 aromatic rings. The maximum absolute atomic E-state index is 13.2. The quantitative estimate of drug-likeness (QED) is 0.850. The van der Waals surface area contributed by atoms with Crippen LogP contribution in [0, 0.1) is 11.6 Å². The van der Waals surface area contributed by atoms with E-state index in [9.17, 15) is 23.5 Å². The summed E-state index contributed by atoms with van der Waals surface area (Å²) in [6.07, 6.45) is 0.0167. The Hall–Kier alpha value is -2.96. The number of benzene rings is 2. The molecule has 1 amide bonds. The van der Waals surface area contributed by atoms with Gasteiger partial charge in [0.25, 0.3) is 5.91 Å². The average molecular weight is 335 g/mol. The van der Waals surface area contributed by atoms with Crippen LogP contribution in [-0.2, 0) is 11.2 Å². The number of ether oxygens (including phenoxy) is 1. The van der Waals surface area contributed by atoms with E-state index in [1.807, 2.05) is 0 Å². The van der Waals surface area contributed by atoms with Gasteiger partial charge in [-0.1, -0.05) is 12.1 Å². The highest BCUT2D eigenvalue weighted by Gasteiger charge is 2.21. The minimum Gasteiger partial charge on any atom is -0.497 e. The van der Waals surface area contributed by atoms with Gasteiger partial charge in [0.2, 0.25) is 0 Å². The van der Waals surface area contributed by atoms with Crippen LogP contribution < -0.4 is 10.1 Å². The highest BCUT2D eigenvalue weighted by Crippen LogP contribution is 2.13. The molecule has 0 aliphatic heterocycles. The molecule has 126 valence electrons. The molecule has 0 fully saturated rings. The SMILES string of the molecule is COc1ccc(C[C@@H](NC(=O)c2cc(F)cc(F)c2)C(=O)O)cc1. The molecule has 5 nitrogen and oxygen atoms in total. The van der Waals surface area contributed by atoms with E-state index in [4.69, 9.17) is 4.74 Å². The molecule has 2 aromatic carbocycles. The molecule has 0 unspecified atom stereocenters. The predicted molar refractivity (Wildman–Crippen MR) is 81.9 cm³/mol. The number of methoxy groups -OCH3 is 1. The fourth-order valence-corrected chi connectivity index (χ4v) is 2.12. The number of hydrogen-bond acceptors (Lipinski definition) is 3. The molecule has 0 spiro atoms. The van der Waals surface area contributed by atoms with Gasteiger partial charge in [0.1, 0.15) is 23.4 Å². The Labute approximate surface area is 136 Å². The van der Waals surface area contributed by atoms with Crippen LogP contribution in [0.1, 0.15) is 15.9 Å². The third-order valence-corrected chi connectivity index (χ3v) is 3.33. The second kappa shape index (κ2) is 7.54. The van der Waals surface area contributed by atoms with Crippen molar-refractivity contribution in [1.82, 2.24) is 5.32 Å². The van der Waals surface area contributed by atoms with Gasteiger partial charge >= 0.3 is 5.97 Å². The van der Waals surface area contributed by atoms with Crippen molar-refractivity contribution in [2.24, 2.45) is 0 Å². The third-order valence-electron chi connectivity index (χ3n) is 3.33. The van der Waals surface area contributed by atoms with Gasteiger partial charge in [-0.2, -0.15) is 0 Å². The molecule has 1 atom stereocenters. The van der Waals surface area contributed by atoms with Crippen LogP contribution in [0.15, 0.2) is 42.5 Å². The maximum Gasteiger partial charge on any atom is 0.326 e. The minimum atomic E-state index is -1.25. The summed E-state index contributed by atoms with van der Waals surface area (Å²) in [7, 11) is 1.51. The summed E-state index contributed by atoms with van der Waals surface area (Å²) in [6.45, 7) is 0. The molecular weight excluding hydrogens is 320 g/mol. The molecule has 2 N–H and O–H groups in total. The van der Waals surface area contributed by atoms with Crippen molar-refractivity contribution in [3.63, 3.8) is 0 Å². The van der Waals surface area contributed by atoms with E-state index >= 15 is 0 Å². The van der Waals surface area contributed by atoms with E-state index in [1.165, 1.54) is 7.11 Å². The number of nitrogens with one attached hydrogen (secondary N) is 1. The van der Waals surface area contributed by atoms with Crippen LogP contribution in [0.25, 0.3) is 0 Å². The van der Waals surface area contributed by atoms with Gasteiger partial charge in [-0.15, -0.1) is 0 Å². The Morgan fingerprint density at radius 3 is 2.21 bits per heavy atom. The van der Waals surface area contributed by atoms with E-state index in [2.05, 4.69) is 5.32 Å². The lowest BCUT2D eigenvalue weighted by molar-refractivity contribution is -0.139. The van der Waals surface area contributed by atoms with Crippen LogP contribution in [0.2, 0.25) is 0 Å². The van der Waals surface area contributed by atoms with E-state index in [0.29, 0.717) is 17.4 Å². The number of carbonyl (C=O) groups excluding carboxylic acids is 1. The van der Waals surface area contributed by atoms with Crippen molar-refractivity contribution in [2.45, 2.75) is 12.5 Å². The summed E-state index contributed by atoms with van der Waals surface area (Å²) in [6, 6.07) is 7.73. The topological polar surface area (TPSA) is 75.6 Å². The van der Waals surface area contributed by atoms with E-state index in [0.717, 1.165) is 12.1 Å². The Morgan fingerprint density at radius 1 is 1.12 bits per heavy atom. The number of carboxylic acid groups (broad SMARTS) is 1. The van der Waals surface area contributed by atoms with E-state index in [-0.39, 0.29) is 12.0 Å². The largest absolute Gasteiger partial charge is 0.497 e. The predicted octanol–water partition coefficient (Wildman–Crippen LogP) is 2.40. The molecule has 24 heavy (non-hydrogen) atoms. The first-order valence-corrected chi connectivity index (χ1v) is 7.01. The Balaban J connectivity index is 2.12. The number of hydrogen-bond donors (Lipinski definition) is 2. The van der Waals surface area contributed by atoms with Gasteiger partial charge in [-0.05, 0) is 29.8 Å². The van der Waals surface area contributed by atoms with Crippen LogP contribution >= 0.6 is 0 Å². The molecule has 0 bridgehead atoms. The number of aliphatic carboxylic acids is 1. The second-order valence-electron chi connectivity index (χ2n) is 5.07. The number of amides is 1.